The van der Waals surface area contributed by atoms with Crippen LogP contribution in [-0.2, 0) is 11.2 Å². The Labute approximate surface area is 142 Å². The highest BCUT2D eigenvalue weighted by atomic mass is 16.3. The summed E-state index contributed by atoms with van der Waals surface area (Å²) in [5.74, 6) is -0.0841. The molecule has 0 spiro atoms. The number of carbonyl (C=O) groups is 1. The minimum absolute atomic E-state index is 0.0408. The Morgan fingerprint density at radius 2 is 1.96 bits per heavy atom. The van der Waals surface area contributed by atoms with Crippen LogP contribution in [0.4, 0.5) is 0 Å². The maximum absolute atomic E-state index is 12.7. The van der Waals surface area contributed by atoms with Crippen molar-refractivity contribution >= 4 is 16.8 Å². The Morgan fingerprint density at radius 1 is 1.25 bits per heavy atom. The molecule has 0 fully saturated rings. The molecule has 0 aliphatic rings. The van der Waals surface area contributed by atoms with E-state index in [-0.39, 0.29) is 29.9 Å². The number of para-hydroxylation sites is 1. The zero-order valence-corrected chi connectivity index (χ0v) is 14.6. The van der Waals surface area contributed by atoms with Crippen molar-refractivity contribution in [3.63, 3.8) is 0 Å². The molecule has 5 nitrogen and oxygen atoms in total. The molecule has 0 saturated heterocycles. The second-order valence-electron chi connectivity index (χ2n) is 7.34. The minimum Gasteiger partial charge on any atom is -0.396 e. The van der Waals surface area contributed by atoms with Gasteiger partial charge in [0.1, 0.15) is 0 Å². The lowest BCUT2D eigenvalue weighted by molar-refractivity contribution is -0.132. The third kappa shape index (κ3) is 4.93. The predicted molar refractivity (Wildman–Crippen MR) is 96.0 cm³/mol. The number of aliphatic hydroxyl groups excluding tert-OH is 1. The molecule has 0 atom stereocenters. The lowest BCUT2D eigenvalue weighted by Crippen LogP contribution is -2.40. The Morgan fingerprint density at radius 3 is 2.62 bits per heavy atom. The van der Waals surface area contributed by atoms with Crippen molar-refractivity contribution in [3.8, 4) is 0 Å². The summed E-state index contributed by atoms with van der Waals surface area (Å²) in [7, 11) is 0. The van der Waals surface area contributed by atoms with Crippen molar-refractivity contribution in [3.05, 3.63) is 46.2 Å². The molecule has 2 rings (SSSR count). The number of hydrogen-bond acceptors (Lipinski definition) is 3. The second-order valence-corrected chi connectivity index (χ2v) is 7.34. The molecule has 0 radical (unpaired) electrons. The maximum atomic E-state index is 12.7. The van der Waals surface area contributed by atoms with Crippen LogP contribution >= 0.6 is 0 Å². The molecule has 130 valence electrons. The van der Waals surface area contributed by atoms with Gasteiger partial charge in [0.2, 0.25) is 5.91 Å². The van der Waals surface area contributed by atoms with Crippen molar-refractivity contribution in [1.82, 2.24) is 9.88 Å². The number of hydrogen-bond donors (Lipinski definition) is 2. The average molecular weight is 330 g/mol. The van der Waals surface area contributed by atoms with Gasteiger partial charge in [0, 0.05) is 30.8 Å². The van der Waals surface area contributed by atoms with Crippen LogP contribution in [0.3, 0.4) is 0 Å². The topological polar surface area (TPSA) is 73.4 Å². The summed E-state index contributed by atoms with van der Waals surface area (Å²) < 4.78 is 0. The van der Waals surface area contributed by atoms with Gasteiger partial charge in [-0.05, 0) is 29.4 Å². The third-order valence-corrected chi connectivity index (χ3v) is 3.78. The zero-order chi connectivity index (χ0) is 17.7. The van der Waals surface area contributed by atoms with Gasteiger partial charge in [0.15, 0.2) is 0 Å². The predicted octanol–water partition coefficient (Wildman–Crippen LogP) is 2.33. The summed E-state index contributed by atoms with van der Waals surface area (Å²) in [6, 6.07) is 9.31. The summed E-state index contributed by atoms with van der Waals surface area (Å²) in [5.41, 5.74) is 0.980. The summed E-state index contributed by atoms with van der Waals surface area (Å²) in [4.78, 5) is 29.5. The van der Waals surface area contributed by atoms with Gasteiger partial charge in [-0.25, -0.2) is 0 Å². The molecule has 2 N–H and O–H groups in total. The number of fused-ring (bicyclic) bond motifs is 1. The molecular weight excluding hydrogens is 304 g/mol. The smallest absolute Gasteiger partial charge is 0.252 e. The monoisotopic (exact) mass is 330 g/mol. The molecular formula is C19H26N2O3. The first-order valence-electron chi connectivity index (χ1n) is 8.30. The fourth-order valence-electron chi connectivity index (χ4n) is 2.72. The lowest BCUT2D eigenvalue weighted by Gasteiger charge is -2.30. The van der Waals surface area contributed by atoms with E-state index in [0.29, 0.717) is 25.1 Å². The number of rotatable bonds is 6. The van der Waals surface area contributed by atoms with Gasteiger partial charge < -0.3 is 15.0 Å². The van der Waals surface area contributed by atoms with E-state index in [0.717, 1.165) is 10.9 Å². The van der Waals surface area contributed by atoms with Crippen molar-refractivity contribution in [2.75, 3.05) is 19.7 Å². The molecule has 24 heavy (non-hydrogen) atoms. The fourth-order valence-corrected chi connectivity index (χ4v) is 2.72. The second kappa shape index (κ2) is 7.62. The Balaban J connectivity index is 2.22. The normalized spacial score (nSPS) is 11.7. The van der Waals surface area contributed by atoms with Gasteiger partial charge in [0.05, 0.1) is 6.42 Å². The van der Waals surface area contributed by atoms with E-state index in [1.807, 2.05) is 24.3 Å². The minimum atomic E-state index is -0.222. The molecule has 1 heterocycles. The van der Waals surface area contributed by atoms with Crippen LogP contribution in [-0.4, -0.2) is 40.6 Å². The molecule has 0 bridgehead atoms. The lowest BCUT2D eigenvalue weighted by atomic mass is 9.95. The number of aromatic amines is 1. The average Bonchev–Trinajstić information content (AvgIpc) is 2.51. The first-order chi connectivity index (χ1) is 11.3. The number of carbonyl (C=O) groups excluding carboxylic acids is 1. The number of aliphatic hydroxyl groups is 1. The Kier molecular flexibility index (Phi) is 5.78. The molecule has 1 amide bonds. The summed E-state index contributed by atoms with van der Waals surface area (Å²) in [5, 5.41) is 9.97. The van der Waals surface area contributed by atoms with Gasteiger partial charge in [0.25, 0.3) is 5.56 Å². The first-order valence-corrected chi connectivity index (χ1v) is 8.30. The van der Waals surface area contributed by atoms with Crippen LogP contribution < -0.4 is 5.56 Å². The fraction of sp³-hybridized carbons (Fsp3) is 0.474. The highest BCUT2D eigenvalue weighted by Crippen LogP contribution is 2.17. The molecule has 0 saturated carbocycles. The summed E-state index contributed by atoms with van der Waals surface area (Å²) >= 11 is 0. The van der Waals surface area contributed by atoms with Crippen LogP contribution in [0.15, 0.2) is 35.1 Å². The van der Waals surface area contributed by atoms with Crippen LogP contribution in [0.25, 0.3) is 10.9 Å². The van der Waals surface area contributed by atoms with E-state index >= 15 is 0 Å². The quantitative estimate of drug-likeness (QED) is 0.854. The van der Waals surface area contributed by atoms with E-state index in [9.17, 15) is 9.59 Å². The molecule has 0 aliphatic carbocycles. The number of nitrogens with one attached hydrogen (secondary N) is 1. The highest BCUT2D eigenvalue weighted by molar-refractivity contribution is 5.82. The van der Waals surface area contributed by atoms with Crippen LogP contribution in [0.1, 0.15) is 32.8 Å². The van der Waals surface area contributed by atoms with Crippen LogP contribution in [0, 0.1) is 5.41 Å². The largest absolute Gasteiger partial charge is 0.396 e. The number of aromatic nitrogens is 1. The standard InChI is InChI=1S/C19H26N2O3/c1-19(2,3)13-21(9-6-10-22)17(23)12-15-11-14-7-4-5-8-16(14)20-18(15)24/h4-5,7-8,11,22H,6,9-10,12-13H2,1-3H3,(H,20,24). The zero-order valence-electron chi connectivity index (χ0n) is 14.6. The molecule has 5 heteroatoms. The van der Waals surface area contributed by atoms with Gasteiger partial charge >= 0.3 is 0 Å². The maximum Gasteiger partial charge on any atom is 0.252 e. The van der Waals surface area contributed by atoms with Gasteiger partial charge in [-0.1, -0.05) is 39.0 Å². The molecule has 1 aromatic carbocycles. The molecule has 1 aromatic heterocycles. The van der Waals surface area contributed by atoms with Crippen LogP contribution in [0.5, 0.6) is 0 Å². The van der Waals surface area contributed by atoms with Crippen molar-refractivity contribution < 1.29 is 9.90 Å². The number of benzene rings is 1. The van der Waals surface area contributed by atoms with E-state index in [4.69, 9.17) is 5.11 Å². The van der Waals surface area contributed by atoms with E-state index in [1.54, 1.807) is 11.0 Å². The number of nitrogens with zero attached hydrogens (tertiary/aromatic N) is 1. The SMILES string of the molecule is CC(C)(C)CN(CCCO)C(=O)Cc1cc2ccccc2[nH]c1=O. The summed E-state index contributed by atoms with van der Waals surface area (Å²) in [6.07, 6.45) is 0.609. The van der Waals surface area contributed by atoms with Crippen molar-refractivity contribution in [2.45, 2.75) is 33.6 Å². The van der Waals surface area contributed by atoms with Gasteiger partial charge in [-0.3, -0.25) is 9.59 Å². The van der Waals surface area contributed by atoms with Gasteiger partial charge in [-0.2, -0.15) is 0 Å². The van der Waals surface area contributed by atoms with E-state index in [1.165, 1.54) is 0 Å². The highest BCUT2D eigenvalue weighted by Gasteiger charge is 2.21. The summed E-state index contributed by atoms with van der Waals surface area (Å²) in [6.45, 7) is 7.33. The van der Waals surface area contributed by atoms with E-state index < -0.39 is 0 Å². The van der Waals surface area contributed by atoms with Crippen molar-refractivity contribution in [1.29, 1.82) is 0 Å². The first kappa shape index (κ1) is 18.2. The van der Waals surface area contributed by atoms with Crippen LogP contribution in [0.2, 0.25) is 0 Å². The van der Waals surface area contributed by atoms with E-state index in [2.05, 4.69) is 25.8 Å². The molecule has 0 aliphatic heterocycles. The Bertz CT molecular complexity index is 759. The van der Waals surface area contributed by atoms with Crippen molar-refractivity contribution in [2.24, 2.45) is 5.41 Å². The van der Waals surface area contributed by atoms with Gasteiger partial charge in [-0.15, -0.1) is 0 Å². The number of H-pyrrole nitrogens is 1. The molecule has 0 unspecified atom stereocenters. The Hall–Kier alpha value is -2.14. The number of pyridine rings is 1. The number of amides is 1. The molecule has 2 aromatic rings. The third-order valence-electron chi connectivity index (χ3n) is 3.78.